The molecule has 2 N–H and O–H groups in total. The zero-order valence-electron chi connectivity index (χ0n) is 15.7. The van der Waals surface area contributed by atoms with E-state index >= 15 is 0 Å². The van der Waals surface area contributed by atoms with Crippen molar-refractivity contribution in [2.24, 2.45) is 5.73 Å². The minimum atomic E-state index is 0.0725. The van der Waals surface area contributed by atoms with Gasteiger partial charge in [-0.05, 0) is 65.6 Å². The predicted molar refractivity (Wildman–Crippen MR) is 116 cm³/mol. The van der Waals surface area contributed by atoms with Crippen LogP contribution in [0, 0.1) is 6.92 Å². The second-order valence-corrected chi connectivity index (χ2v) is 8.73. The molecule has 1 unspecified atom stereocenters. The van der Waals surface area contributed by atoms with Crippen molar-refractivity contribution in [3.05, 3.63) is 65.2 Å². The topological polar surface area (TPSA) is 59.2 Å². The van der Waals surface area contributed by atoms with E-state index in [0.717, 1.165) is 51.0 Å². The van der Waals surface area contributed by atoms with Gasteiger partial charge in [-0.3, -0.25) is 4.79 Å². The Morgan fingerprint density at radius 1 is 1.07 bits per heavy atom. The van der Waals surface area contributed by atoms with Crippen LogP contribution in [0.4, 0.5) is 0 Å². The molecule has 1 saturated heterocycles. The largest absolute Gasteiger partial charge is 0.337 e. The number of amides is 1. The average molecular weight is 388 g/mol. The minimum absolute atomic E-state index is 0.0725. The van der Waals surface area contributed by atoms with Crippen LogP contribution in [-0.4, -0.2) is 34.9 Å². The molecule has 0 radical (unpaired) electrons. The van der Waals surface area contributed by atoms with Crippen molar-refractivity contribution in [3.8, 4) is 11.1 Å². The Kier molecular flexibility index (Phi) is 4.14. The van der Waals surface area contributed by atoms with E-state index in [0.29, 0.717) is 6.54 Å². The Balaban J connectivity index is 1.48. The van der Waals surface area contributed by atoms with Crippen molar-refractivity contribution in [2.75, 3.05) is 13.1 Å². The molecule has 0 aliphatic carbocycles. The molecule has 1 aliphatic heterocycles. The third-order valence-electron chi connectivity index (χ3n) is 5.43. The number of hydrogen-bond acceptors (Lipinski definition) is 4. The van der Waals surface area contributed by atoms with E-state index in [9.17, 15) is 4.79 Å². The van der Waals surface area contributed by atoms with Gasteiger partial charge < -0.3 is 10.6 Å². The van der Waals surface area contributed by atoms with E-state index in [-0.39, 0.29) is 11.9 Å². The molecule has 3 aromatic carbocycles. The predicted octanol–water partition coefficient (Wildman–Crippen LogP) is 4.60. The number of thiazole rings is 1. The van der Waals surface area contributed by atoms with Gasteiger partial charge >= 0.3 is 0 Å². The maximum Gasteiger partial charge on any atom is 0.253 e. The van der Waals surface area contributed by atoms with Crippen LogP contribution in [0.15, 0.2) is 54.6 Å². The first-order valence-corrected chi connectivity index (χ1v) is 10.3. The zero-order chi connectivity index (χ0) is 19.3. The smallest absolute Gasteiger partial charge is 0.253 e. The number of fused-ring (bicyclic) bond motifs is 2. The van der Waals surface area contributed by atoms with Crippen molar-refractivity contribution in [3.63, 3.8) is 0 Å². The molecule has 140 valence electrons. The first kappa shape index (κ1) is 17.3. The molecular weight excluding hydrogens is 366 g/mol. The average Bonchev–Trinajstić information content (AvgIpc) is 3.30. The van der Waals surface area contributed by atoms with Crippen LogP contribution in [0.1, 0.15) is 21.8 Å². The highest BCUT2D eigenvalue weighted by molar-refractivity contribution is 7.18. The maximum atomic E-state index is 12.7. The number of likely N-dealkylation sites (tertiary alicyclic amines) is 1. The fourth-order valence-electron chi connectivity index (χ4n) is 3.93. The van der Waals surface area contributed by atoms with Crippen LogP contribution in [0.25, 0.3) is 32.1 Å². The van der Waals surface area contributed by atoms with E-state index in [1.165, 1.54) is 4.70 Å². The van der Waals surface area contributed by atoms with Crippen molar-refractivity contribution >= 4 is 38.2 Å². The molecular formula is C23H21N3OS. The van der Waals surface area contributed by atoms with Crippen LogP contribution in [0.2, 0.25) is 0 Å². The third-order valence-corrected chi connectivity index (χ3v) is 6.38. The minimum Gasteiger partial charge on any atom is -0.337 e. The number of carbonyl (C=O) groups excluding carboxylic acids is 1. The Bertz CT molecular complexity index is 1210. The van der Waals surface area contributed by atoms with Gasteiger partial charge in [0.1, 0.15) is 0 Å². The van der Waals surface area contributed by atoms with Crippen LogP contribution >= 0.6 is 11.3 Å². The monoisotopic (exact) mass is 387 g/mol. The summed E-state index contributed by atoms with van der Waals surface area (Å²) in [5.41, 5.74) is 10.0. The van der Waals surface area contributed by atoms with Gasteiger partial charge in [0, 0.05) is 24.7 Å². The molecule has 2 heterocycles. The molecule has 1 atom stereocenters. The summed E-state index contributed by atoms with van der Waals surface area (Å²) in [6.07, 6.45) is 0.880. The molecule has 0 bridgehead atoms. The SMILES string of the molecule is Cc1nc2cc(-c3ccc4cc(C(=O)N5CCC(N)C5)ccc4c3)ccc2s1. The van der Waals surface area contributed by atoms with E-state index in [1.807, 2.05) is 30.0 Å². The number of aromatic nitrogens is 1. The second kappa shape index (κ2) is 6.69. The summed E-state index contributed by atoms with van der Waals surface area (Å²) in [7, 11) is 0. The van der Waals surface area contributed by atoms with E-state index in [1.54, 1.807) is 11.3 Å². The molecule has 4 aromatic rings. The lowest BCUT2D eigenvalue weighted by Gasteiger charge is -2.16. The summed E-state index contributed by atoms with van der Waals surface area (Å²) in [6, 6.07) is 18.9. The number of carbonyl (C=O) groups is 1. The quantitative estimate of drug-likeness (QED) is 0.547. The number of aryl methyl sites for hydroxylation is 1. The zero-order valence-corrected chi connectivity index (χ0v) is 16.5. The molecule has 28 heavy (non-hydrogen) atoms. The Morgan fingerprint density at radius 2 is 1.82 bits per heavy atom. The molecule has 1 aromatic heterocycles. The second-order valence-electron chi connectivity index (χ2n) is 7.49. The molecule has 5 rings (SSSR count). The number of nitrogens with zero attached hydrogens (tertiary/aromatic N) is 2. The molecule has 0 saturated carbocycles. The fourth-order valence-corrected chi connectivity index (χ4v) is 4.74. The molecule has 0 spiro atoms. The molecule has 4 nitrogen and oxygen atoms in total. The van der Waals surface area contributed by atoms with Crippen LogP contribution < -0.4 is 5.73 Å². The van der Waals surface area contributed by atoms with Gasteiger partial charge in [-0.1, -0.05) is 24.3 Å². The van der Waals surface area contributed by atoms with Crippen LogP contribution in [-0.2, 0) is 0 Å². The molecule has 1 fully saturated rings. The maximum absolute atomic E-state index is 12.7. The summed E-state index contributed by atoms with van der Waals surface area (Å²) in [5, 5.41) is 3.28. The van der Waals surface area contributed by atoms with Crippen molar-refractivity contribution in [2.45, 2.75) is 19.4 Å². The number of benzene rings is 3. The van der Waals surface area contributed by atoms with E-state index < -0.39 is 0 Å². The summed E-state index contributed by atoms with van der Waals surface area (Å²) in [6.45, 7) is 3.43. The lowest BCUT2D eigenvalue weighted by atomic mass is 9.99. The van der Waals surface area contributed by atoms with E-state index in [2.05, 4.69) is 41.4 Å². The van der Waals surface area contributed by atoms with Crippen molar-refractivity contribution in [1.29, 1.82) is 0 Å². The van der Waals surface area contributed by atoms with Gasteiger partial charge in [-0.2, -0.15) is 0 Å². The summed E-state index contributed by atoms with van der Waals surface area (Å²) >= 11 is 1.72. The molecule has 1 amide bonds. The van der Waals surface area contributed by atoms with Gasteiger partial charge in [0.2, 0.25) is 0 Å². The van der Waals surface area contributed by atoms with Gasteiger partial charge in [-0.15, -0.1) is 11.3 Å². The highest BCUT2D eigenvalue weighted by Gasteiger charge is 2.24. The third kappa shape index (κ3) is 3.07. The molecule has 1 aliphatic rings. The van der Waals surface area contributed by atoms with Gasteiger partial charge in [0.05, 0.1) is 15.2 Å². The number of hydrogen-bond donors (Lipinski definition) is 1. The standard InChI is InChI=1S/C23H21N3OS/c1-14-25-21-12-18(6-7-22(21)28-14)16-2-3-17-11-19(5-4-15(17)10-16)23(27)26-9-8-20(24)13-26/h2-7,10-12,20H,8-9,13,24H2,1H3. The first-order valence-electron chi connectivity index (χ1n) is 9.53. The van der Waals surface area contributed by atoms with E-state index in [4.69, 9.17) is 5.73 Å². The van der Waals surface area contributed by atoms with Crippen molar-refractivity contribution < 1.29 is 4.79 Å². The summed E-state index contributed by atoms with van der Waals surface area (Å²) in [5.74, 6) is 0.0725. The normalized spacial score (nSPS) is 16.9. The highest BCUT2D eigenvalue weighted by atomic mass is 32.1. The van der Waals surface area contributed by atoms with Gasteiger partial charge in [0.15, 0.2) is 0 Å². The number of rotatable bonds is 2. The van der Waals surface area contributed by atoms with Crippen LogP contribution in [0.5, 0.6) is 0 Å². The fraction of sp³-hybridized carbons (Fsp3) is 0.217. The Hall–Kier alpha value is -2.76. The number of nitrogens with two attached hydrogens (primary N) is 1. The van der Waals surface area contributed by atoms with Gasteiger partial charge in [0.25, 0.3) is 5.91 Å². The van der Waals surface area contributed by atoms with Gasteiger partial charge in [-0.25, -0.2) is 4.98 Å². The first-order chi connectivity index (χ1) is 13.6. The summed E-state index contributed by atoms with van der Waals surface area (Å²) < 4.78 is 1.21. The summed E-state index contributed by atoms with van der Waals surface area (Å²) in [4.78, 5) is 19.2. The van der Waals surface area contributed by atoms with Crippen LogP contribution in [0.3, 0.4) is 0 Å². The van der Waals surface area contributed by atoms with Crippen molar-refractivity contribution in [1.82, 2.24) is 9.88 Å². The lowest BCUT2D eigenvalue weighted by Crippen LogP contribution is -2.31. The Labute approximate surface area is 167 Å². The lowest BCUT2D eigenvalue weighted by molar-refractivity contribution is 0.0791. The Morgan fingerprint density at radius 3 is 2.64 bits per heavy atom. The highest BCUT2D eigenvalue weighted by Crippen LogP contribution is 2.30. The molecule has 5 heteroatoms.